The van der Waals surface area contributed by atoms with Crippen LogP contribution in [0.25, 0.3) is 0 Å². The third-order valence-electron chi connectivity index (χ3n) is 3.88. The summed E-state index contributed by atoms with van der Waals surface area (Å²) in [5.74, 6) is -2.93. The third kappa shape index (κ3) is 4.17. The number of nitrogens with one attached hydrogen (secondary N) is 1. The zero-order valence-corrected chi connectivity index (χ0v) is 14.9. The summed E-state index contributed by atoms with van der Waals surface area (Å²) < 4.78 is 38.2. The molecule has 0 aliphatic rings. The average Bonchev–Trinajstić information content (AvgIpc) is 2.59. The summed E-state index contributed by atoms with van der Waals surface area (Å²) in [7, 11) is 2.72. The fourth-order valence-corrected chi connectivity index (χ4v) is 2.50. The largest absolute Gasteiger partial charge is 0.497 e. The molecule has 2 rings (SSSR count). The number of hydrogen-bond donors (Lipinski definition) is 1. The second kappa shape index (κ2) is 7.95. The molecule has 0 aliphatic carbocycles. The predicted molar refractivity (Wildman–Crippen MR) is 92.7 cm³/mol. The van der Waals surface area contributed by atoms with Crippen molar-refractivity contribution >= 4 is 17.4 Å². The van der Waals surface area contributed by atoms with Gasteiger partial charge >= 0.3 is 0 Å². The van der Waals surface area contributed by atoms with Crippen molar-refractivity contribution < 1.29 is 27.8 Å². The van der Waals surface area contributed by atoms with Crippen LogP contribution in [0.2, 0.25) is 0 Å². The van der Waals surface area contributed by atoms with Crippen molar-refractivity contribution in [2.24, 2.45) is 0 Å². The first kappa shape index (κ1) is 19.4. The van der Waals surface area contributed by atoms with Gasteiger partial charge < -0.3 is 14.8 Å². The lowest BCUT2D eigenvalue weighted by Crippen LogP contribution is -2.26. The van der Waals surface area contributed by atoms with Crippen LogP contribution in [0.5, 0.6) is 11.5 Å². The van der Waals surface area contributed by atoms with Gasteiger partial charge in [0.1, 0.15) is 23.0 Å². The van der Waals surface area contributed by atoms with Crippen molar-refractivity contribution in [3.63, 3.8) is 0 Å². The first-order valence-corrected chi connectivity index (χ1v) is 7.78. The number of carbonyl (C=O) groups excluding carboxylic acids is 2. The molecule has 0 heterocycles. The lowest BCUT2D eigenvalue weighted by atomic mass is 10.0. The molecule has 0 aromatic heterocycles. The smallest absolute Gasteiger partial charge is 0.292 e. The zero-order chi connectivity index (χ0) is 19.4. The highest BCUT2D eigenvalue weighted by atomic mass is 19.1. The SMILES string of the molecule is COc1cc(C)c(CC(=O)C(=O)Nc2c(F)cc(C)cc2OC)c(F)c1. The summed E-state index contributed by atoms with van der Waals surface area (Å²) >= 11 is 0. The molecule has 0 spiro atoms. The quantitative estimate of drug-likeness (QED) is 0.800. The number of anilines is 1. The summed E-state index contributed by atoms with van der Waals surface area (Å²) in [6.07, 6.45) is -0.455. The Morgan fingerprint density at radius 1 is 1.00 bits per heavy atom. The van der Waals surface area contributed by atoms with E-state index in [-0.39, 0.29) is 17.0 Å². The van der Waals surface area contributed by atoms with E-state index in [1.54, 1.807) is 19.9 Å². The topological polar surface area (TPSA) is 64.6 Å². The Morgan fingerprint density at radius 2 is 1.69 bits per heavy atom. The van der Waals surface area contributed by atoms with E-state index in [0.29, 0.717) is 16.9 Å². The van der Waals surface area contributed by atoms with Gasteiger partial charge in [-0.25, -0.2) is 8.78 Å². The van der Waals surface area contributed by atoms with Gasteiger partial charge in [-0.1, -0.05) is 0 Å². The first-order valence-electron chi connectivity index (χ1n) is 7.78. The van der Waals surface area contributed by atoms with Crippen molar-refractivity contribution in [2.45, 2.75) is 20.3 Å². The van der Waals surface area contributed by atoms with E-state index in [2.05, 4.69) is 5.32 Å². The number of rotatable bonds is 6. The molecule has 0 atom stereocenters. The highest BCUT2D eigenvalue weighted by molar-refractivity contribution is 6.41. The Hall–Kier alpha value is -2.96. The lowest BCUT2D eigenvalue weighted by Gasteiger charge is -2.12. The minimum Gasteiger partial charge on any atom is -0.497 e. The first-order chi connectivity index (χ1) is 12.3. The minimum absolute atomic E-state index is 0.0855. The fourth-order valence-electron chi connectivity index (χ4n) is 2.50. The maximum absolute atomic E-state index is 14.1. The van der Waals surface area contributed by atoms with Crippen LogP contribution in [0.15, 0.2) is 24.3 Å². The molecule has 0 saturated carbocycles. The number of hydrogen-bond acceptors (Lipinski definition) is 4. The van der Waals surface area contributed by atoms with Crippen LogP contribution >= 0.6 is 0 Å². The maximum atomic E-state index is 14.1. The van der Waals surface area contributed by atoms with Gasteiger partial charge in [-0.2, -0.15) is 0 Å². The molecule has 0 unspecified atom stereocenters. The lowest BCUT2D eigenvalue weighted by molar-refractivity contribution is -0.134. The molecule has 1 amide bonds. The Morgan fingerprint density at radius 3 is 2.27 bits per heavy atom. The number of benzene rings is 2. The molecule has 5 nitrogen and oxygen atoms in total. The van der Waals surface area contributed by atoms with E-state index in [0.717, 1.165) is 6.07 Å². The van der Waals surface area contributed by atoms with Crippen molar-refractivity contribution in [1.29, 1.82) is 0 Å². The van der Waals surface area contributed by atoms with Gasteiger partial charge in [0.25, 0.3) is 5.91 Å². The number of methoxy groups -OCH3 is 2. The monoisotopic (exact) mass is 363 g/mol. The number of halogens is 2. The van der Waals surface area contributed by atoms with E-state index in [9.17, 15) is 18.4 Å². The van der Waals surface area contributed by atoms with Crippen LogP contribution in [0.3, 0.4) is 0 Å². The van der Waals surface area contributed by atoms with E-state index in [4.69, 9.17) is 9.47 Å². The molecule has 0 aliphatic heterocycles. The van der Waals surface area contributed by atoms with E-state index < -0.39 is 29.7 Å². The highest BCUT2D eigenvalue weighted by Crippen LogP contribution is 2.29. The van der Waals surface area contributed by atoms with E-state index in [1.165, 1.54) is 26.4 Å². The summed E-state index contributed by atoms with van der Waals surface area (Å²) in [4.78, 5) is 24.3. The third-order valence-corrected chi connectivity index (χ3v) is 3.88. The summed E-state index contributed by atoms with van der Waals surface area (Å²) in [5, 5.41) is 2.20. The van der Waals surface area contributed by atoms with E-state index in [1.807, 2.05) is 0 Å². The molecule has 138 valence electrons. The van der Waals surface area contributed by atoms with Crippen molar-refractivity contribution in [1.82, 2.24) is 0 Å². The number of carbonyl (C=O) groups is 2. The second-order valence-electron chi connectivity index (χ2n) is 5.78. The van der Waals surface area contributed by atoms with E-state index >= 15 is 0 Å². The van der Waals surface area contributed by atoms with Gasteiger partial charge in [0.05, 0.1) is 14.2 Å². The Bertz CT molecular complexity index is 842. The Balaban J connectivity index is 2.21. The normalized spacial score (nSPS) is 10.4. The van der Waals surface area contributed by atoms with Crippen molar-refractivity contribution in [3.8, 4) is 11.5 Å². The Labute approximate surface area is 149 Å². The fraction of sp³-hybridized carbons (Fsp3) is 0.263. The molecule has 26 heavy (non-hydrogen) atoms. The second-order valence-corrected chi connectivity index (χ2v) is 5.78. The van der Waals surface area contributed by atoms with Crippen molar-refractivity contribution in [3.05, 3.63) is 52.6 Å². The van der Waals surface area contributed by atoms with Crippen LogP contribution in [0.1, 0.15) is 16.7 Å². The molecule has 0 saturated heterocycles. The molecule has 0 bridgehead atoms. The molecule has 0 fully saturated rings. The number of ketones is 1. The summed E-state index contributed by atoms with van der Waals surface area (Å²) in [6.45, 7) is 3.27. The number of ether oxygens (including phenoxy) is 2. The van der Waals surface area contributed by atoms with Gasteiger partial charge in [0, 0.05) is 12.5 Å². The average molecular weight is 363 g/mol. The summed E-state index contributed by atoms with van der Waals surface area (Å²) in [6, 6.07) is 5.43. The van der Waals surface area contributed by atoms with Crippen LogP contribution in [0.4, 0.5) is 14.5 Å². The van der Waals surface area contributed by atoms with Gasteiger partial charge in [-0.3, -0.25) is 9.59 Å². The maximum Gasteiger partial charge on any atom is 0.292 e. The zero-order valence-electron chi connectivity index (χ0n) is 14.9. The van der Waals surface area contributed by atoms with Gasteiger partial charge in [0.15, 0.2) is 5.82 Å². The molecule has 1 N–H and O–H groups in total. The minimum atomic E-state index is -1.05. The molecular weight excluding hydrogens is 344 g/mol. The van der Waals surface area contributed by atoms with Gasteiger partial charge in [0.2, 0.25) is 5.78 Å². The van der Waals surface area contributed by atoms with Crippen molar-refractivity contribution in [2.75, 3.05) is 19.5 Å². The number of amides is 1. The molecular formula is C19H19F2NO4. The Kier molecular flexibility index (Phi) is 5.92. The molecule has 2 aromatic rings. The summed E-state index contributed by atoms with van der Waals surface area (Å²) in [5.41, 5.74) is 0.923. The number of aryl methyl sites for hydroxylation is 2. The molecule has 2 aromatic carbocycles. The predicted octanol–water partition coefficient (Wildman–Crippen LogP) is 3.35. The van der Waals surface area contributed by atoms with Crippen LogP contribution < -0.4 is 14.8 Å². The van der Waals surface area contributed by atoms with Gasteiger partial charge in [-0.15, -0.1) is 0 Å². The number of Topliss-reactive ketones (excluding diaryl/α,β-unsaturated/α-hetero) is 1. The molecule has 0 radical (unpaired) electrons. The van der Waals surface area contributed by atoms with Crippen LogP contribution in [-0.2, 0) is 16.0 Å². The van der Waals surface area contributed by atoms with Crippen LogP contribution in [-0.4, -0.2) is 25.9 Å². The van der Waals surface area contributed by atoms with Crippen LogP contribution in [0, 0.1) is 25.5 Å². The molecule has 7 heteroatoms. The highest BCUT2D eigenvalue weighted by Gasteiger charge is 2.22. The standard InChI is InChI=1S/C19H19F2NO4/c1-10-5-15(21)18(17(6-10)26-4)22-19(24)16(23)9-13-11(2)7-12(25-3)8-14(13)20/h5-8H,9H2,1-4H3,(H,22,24). The van der Waals surface area contributed by atoms with Gasteiger partial charge in [-0.05, 0) is 48.7 Å².